The largest absolute Gasteiger partial charge is 0.489 e. The molecule has 0 spiro atoms. The summed E-state index contributed by atoms with van der Waals surface area (Å²) in [6, 6.07) is 28.5. The monoisotopic (exact) mass is 403 g/mol. The molecule has 0 aliphatic rings. The molecule has 1 N–H and O–H groups in total. The van der Waals surface area contributed by atoms with Crippen LogP contribution in [-0.2, 0) is 18.0 Å². The lowest BCUT2D eigenvalue weighted by Gasteiger charge is -2.34. The van der Waals surface area contributed by atoms with Crippen molar-refractivity contribution in [1.29, 1.82) is 0 Å². The molecule has 3 aromatic rings. The molecule has 0 saturated heterocycles. The van der Waals surface area contributed by atoms with Crippen LogP contribution in [0.4, 0.5) is 0 Å². The number of rotatable bonds is 11. The van der Waals surface area contributed by atoms with Crippen molar-refractivity contribution >= 4 is 0 Å². The Labute approximate surface area is 180 Å². The fraction of sp³-hybridized carbons (Fsp3) is 0.296. The first-order chi connectivity index (χ1) is 14.6. The Morgan fingerprint density at radius 2 is 1.33 bits per heavy atom. The van der Waals surface area contributed by atoms with Crippen molar-refractivity contribution in [2.75, 3.05) is 6.61 Å². The molecule has 157 valence electrons. The highest BCUT2D eigenvalue weighted by molar-refractivity contribution is 5.39. The maximum Gasteiger partial charge on any atom is 0.119 e. The molecule has 0 aliphatic carbocycles. The summed E-state index contributed by atoms with van der Waals surface area (Å²) in [7, 11) is 0. The lowest BCUT2D eigenvalue weighted by Crippen LogP contribution is -2.33. The lowest BCUT2D eigenvalue weighted by molar-refractivity contribution is -0.0180. The second kappa shape index (κ2) is 11.0. The highest BCUT2D eigenvalue weighted by atomic mass is 16.5. The Kier molecular flexibility index (Phi) is 8.06. The van der Waals surface area contributed by atoms with E-state index in [9.17, 15) is 5.11 Å². The van der Waals surface area contributed by atoms with Crippen molar-refractivity contribution in [2.45, 2.75) is 45.5 Å². The van der Waals surface area contributed by atoms with Crippen LogP contribution in [0.25, 0.3) is 0 Å². The molecule has 0 bridgehead atoms. The van der Waals surface area contributed by atoms with Crippen LogP contribution < -0.4 is 4.74 Å². The van der Waals surface area contributed by atoms with E-state index >= 15 is 0 Å². The van der Waals surface area contributed by atoms with Gasteiger partial charge in [0.25, 0.3) is 0 Å². The molecular weight excluding hydrogens is 372 g/mol. The van der Waals surface area contributed by atoms with E-state index in [0.717, 1.165) is 28.9 Å². The van der Waals surface area contributed by atoms with Gasteiger partial charge in [-0.2, -0.15) is 0 Å². The van der Waals surface area contributed by atoms with Gasteiger partial charge in [0.2, 0.25) is 0 Å². The van der Waals surface area contributed by atoms with Crippen LogP contribution in [0.1, 0.15) is 43.4 Å². The van der Waals surface area contributed by atoms with Gasteiger partial charge in [-0.3, -0.25) is 0 Å². The Hall–Kier alpha value is -2.62. The molecule has 0 fully saturated rings. The minimum absolute atomic E-state index is 0.163. The van der Waals surface area contributed by atoms with Crippen molar-refractivity contribution in [1.82, 2.24) is 0 Å². The molecule has 0 amide bonds. The summed E-state index contributed by atoms with van der Waals surface area (Å²) < 4.78 is 12.2. The maximum absolute atomic E-state index is 9.38. The molecule has 0 aromatic heterocycles. The van der Waals surface area contributed by atoms with Crippen molar-refractivity contribution in [3.05, 3.63) is 108 Å². The molecule has 3 heteroatoms. The summed E-state index contributed by atoms with van der Waals surface area (Å²) in [6.07, 6.45) is 1.49. The van der Waals surface area contributed by atoms with Gasteiger partial charge in [-0.05, 0) is 55.5 Å². The van der Waals surface area contributed by atoms with Crippen LogP contribution in [0.5, 0.6) is 5.75 Å². The number of aliphatic hydroxyl groups is 1. The summed E-state index contributed by atoms with van der Waals surface area (Å²) in [4.78, 5) is 0. The smallest absolute Gasteiger partial charge is 0.119 e. The van der Waals surface area contributed by atoms with E-state index in [4.69, 9.17) is 9.47 Å². The van der Waals surface area contributed by atoms with E-state index in [2.05, 4.69) is 50.2 Å². The van der Waals surface area contributed by atoms with Crippen LogP contribution >= 0.6 is 0 Å². The summed E-state index contributed by atoms with van der Waals surface area (Å²) in [5.41, 5.74) is 2.97. The number of ether oxygens (including phenoxy) is 2. The quantitative estimate of drug-likeness (QED) is 0.429. The van der Waals surface area contributed by atoms with Gasteiger partial charge >= 0.3 is 0 Å². The highest BCUT2D eigenvalue weighted by Crippen LogP contribution is 2.35. The van der Waals surface area contributed by atoms with Crippen molar-refractivity contribution in [3.63, 3.8) is 0 Å². The van der Waals surface area contributed by atoms with Gasteiger partial charge in [0.1, 0.15) is 12.4 Å². The molecule has 0 saturated carbocycles. The number of aliphatic hydroxyl groups excluding tert-OH is 1. The molecule has 3 nitrogen and oxygen atoms in total. The van der Waals surface area contributed by atoms with Crippen LogP contribution in [0.15, 0.2) is 84.9 Å². The van der Waals surface area contributed by atoms with Gasteiger partial charge in [0.15, 0.2) is 0 Å². The molecule has 0 heterocycles. The van der Waals surface area contributed by atoms with E-state index in [1.54, 1.807) is 0 Å². The second-order valence-electron chi connectivity index (χ2n) is 7.89. The van der Waals surface area contributed by atoms with Gasteiger partial charge in [-0.25, -0.2) is 0 Å². The van der Waals surface area contributed by atoms with Crippen molar-refractivity contribution in [2.24, 2.45) is 0 Å². The fourth-order valence-electron chi connectivity index (χ4n) is 3.47. The van der Waals surface area contributed by atoms with Gasteiger partial charge in [0, 0.05) is 12.5 Å². The molecule has 30 heavy (non-hydrogen) atoms. The van der Waals surface area contributed by atoms with E-state index in [-0.39, 0.29) is 6.61 Å². The summed E-state index contributed by atoms with van der Waals surface area (Å²) in [5.74, 6) is 2.02. The second-order valence-corrected chi connectivity index (χ2v) is 7.89. The van der Waals surface area contributed by atoms with Crippen molar-refractivity contribution in [3.8, 4) is 5.75 Å². The van der Waals surface area contributed by atoms with E-state index in [1.165, 1.54) is 5.92 Å². The Bertz CT molecular complexity index is 858. The molecule has 0 unspecified atom stereocenters. The van der Waals surface area contributed by atoms with Gasteiger partial charge in [0.05, 0.1) is 12.2 Å². The topological polar surface area (TPSA) is 38.7 Å². The SMILES string of the molecule is CC(C)(OCc1ccccc1)[C](CCCO)c1ccc(OCc2ccccc2)cc1. The average Bonchev–Trinajstić information content (AvgIpc) is 2.79. The third kappa shape index (κ3) is 6.45. The van der Waals surface area contributed by atoms with Crippen LogP contribution in [-0.4, -0.2) is 17.3 Å². The predicted molar refractivity (Wildman–Crippen MR) is 121 cm³/mol. The van der Waals surface area contributed by atoms with Crippen molar-refractivity contribution < 1.29 is 14.6 Å². The summed E-state index contributed by atoms with van der Waals surface area (Å²) in [5, 5.41) is 9.38. The average molecular weight is 404 g/mol. The molecule has 3 aromatic carbocycles. The number of hydrogen-bond donors (Lipinski definition) is 1. The van der Waals surface area contributed by atoms with E-state index in [1.807, 2.05) is 48.5 Å². The Balaban J connectivity index is 1.67. The zero-order chi connectivity index (χ0) is 21.2. The van der Waals surface area contributed by atoms with Gasteiger partial charge in [-0.15, -0.1) is 0 Å². The minimum Gasteiger partial charge on any atom is -0.489 e. The molecule has 0 atom stereocenters. The standard InChI is InChI=1S/C27H31O3/c1-27(2,30-21-23-12-7-4-8-13-23)26(14-9-19-28)24-15-17-25(18-16-24)29-20-22-10-5-3-6-11-22/h3-8,10-13,15-18,28H,9,14,19-21H2,1-2H3. The van der Waals surface area contributed by atoms with E-state index < -0.39 is 5.60 Å². The molecule has 1 radical (unpaired) electrons. The number of hydrogen-bond acceptors (Lipinski definition) is 3. The molecule has 0 aliphatic heterocycles. The zero-order valence-electron chi connectivity index (χ0n) is 17.9. The summed E-state index contributed by atoms with van der Waals surface area (Å²) >= 11 is 0. The Morgan fingerprint density at radius 1 is 0.767 bits per heavy atom. The van der Waals surface area contributed by atoms with Gasteiger partial charge < -0.3 is 14.6 Å². The highest BCUT2D eigenvalue weighted by Gasteiger charge is 2.32. The van der Waals surface area contributed by atoms with Crippen LogP contribution in [0, 0.1) is 5.92 Å². The maximum atomic E-state index is 9.38. The van der Waals surface area contributed by atoms with E-state index in [0.29, 0.717) is 19.6 Å². The summed E-state index contributed by atoms with van der Waals surface area (Å²) in [6.45, 7) is 5.46. The first-order valence-electron chi connectivity index (χ1n) is 10.5. The minimum atomic E-state index is -0.447. The normalized spacial score (nSPS) is 11.6. The predicted octanol–water partition coefficient (Wildman–Crippen LogP) is 5.96. The zero-order valence-corrected chi connectivity index (χ0v) is 17.9. The first kappa shape index (κ1) is 22.1. The Morgan fingerprint density at radius 3 is 1.90 bits per heavy atom. The third-order valence-corrected chi connectivity index (χ3v) is 5.21. The fourth-order valence-corrected chi connectivity index (χ4v) is 3.47. The van der Waals surface area contributed by atoms with Gasteiger partial charge in [-0.1, -0.05) is 72.8 Å². The first-order valence-corrected chi connectivity index (χ1v) is 10.5. The third-order valence-electron chi connectivity index (χ3n) is 5.21. The van der Waals surface area contributed by atoms with Crippen LogP contribution in [0.2, 0.25) is 0 Å². The lowest BCUT2D eigenvalue weighted by atomic mass is 9.81. The molecular formula is C27H31O3. The van der Waals surface area contributed by atoms with Crippen LogP contribution in [0.3, 0.4) is 0 Å². The number of benzene rings is 3. The molecule has 3 rings (SSSR count).